The average molecular weight is 402 g/mol. The number of aryl methyl sites for hydroxylation is 2. The van der Waals surface area contributed by atoms with Crippen LogP contribution in [0.3, 0.4) is 0 Å². The zero-order valence-electron chi connectivity index (χ0n) is 16.2. The van der Waals surface area contributed by atoms with E-state index in [1.165, 1.54) is 28.7 Å². The van der Waals surface area contributed by atoms with Crippen LogP contribution in [0.1, 0.15) is 25.0 Å². The lowest BCUT2D eigenvalue weighted by Crippen LogP contribution is -2.30. The first-order chi connectivity index (χ1) is 13.3. The highest BCUT2D eigenvalue weighted by atomic mass is 32.2. The number of hydrogen-bond acceptors (Lipinski definition) is 6. The van der Waals surface area contributed by atoms with Crippen LogP contribution >= 0.6 is 0 Å². The number of sulfonamides is 1. The second-order valence-corrected chi connectivity index (χ2v) is 8.28. The van der Waals surface area contributed by atoms with Crippen molar-refractivity contribution in [2.45, 2.75) is 32.6 Å². The van der Waals surface area contributed by atoms with Crippen LogP contribution in [-0.2, 0) is 10.0 Å². The number of rotatable bonds is 6. The van der Waals surface area contributed by atoms with E-state index in [2.05, 4.69) is 4.98 Å². The van der Waals surface area contributed by atoms with Crippen molar-refractivity contribution in [2.75, 3.05) is 13.1 Å². The summed E-state index contributed by atoms with van der Waals surface area (Å²) in [6.07, 6.45) is 1.28. The number of hydrogen-bond donors (Lipinski definition) is 0. The molecule has 0 N–H and O–H groups in total. The maximum absolute atomic E-state index is 12.5. The molecule has 0 saturated heterocycles. The highest BCUT2D eigenvalue weighted by Gasteiger charge is 2.22. The highest BCUT2D eigenvalue weighted by Crippen LogP contribution is 2.31. The minimum absolute atomic E-state index is 0.111. The molecule has 0 fully saturated rings. The van der Waals surface area contributed by atoms with Gasteiger partial charge in [0.15, 0.2) is 0 Å². The van der Waals surface area contributed by atoms with Gasteiger partial charge in [-0.3, -0.25) is 0 Å². The SMILES string of the molecule is CCN(CC)S(=O)(=O)c1ccc(Oc2ccc3c(C)cc(=O)oc3c2C)nc1. The summed E-state index contributed by atoms with van der Waals surface area (Å²) in [5, 5.41) is 0.832. The van der Waals surface area contributed by atoms with Gasteiger partial charge in [-0.2, -0.15) is 4.31 Å². The van der Waals surface area contributed by atoms with E-state index in [4.69, 9.17) is 9.15 Å². The number of fused-ring (bicyclic) bond motifs is 1. The molecule has 3 rings (SSSR count). The molecule has 28 heavy (non-hydrogen) atoms. The van der Waals surface area contributed by atoms with Crippen LogP contribution in [0.2, 0.25) is 0 Å². The van der Waals surface area contributed by atoms with Crippen LogP contribution in [-0.4, -0.2) is 30.8 Å². The third-order valence-electron chi connectivity index (χ3n) is 4.58. The number of nitrogens with zero attached hydrogens (tertiary/aromatic N) is 2. The lowest BCUT2D eigenvalue weighted by molar-refractivity contribution is 0.442. The Bertz CT molecular complexity index is 1160. The largest absolute Gasteiger partial charge is 0.439 e. The van der Waals surface area contributed by atoms with Crippen molar-refractivity contribution in [3.63, 3.8) is 0 Å². The highest BCUT2D eigenvalue weighted by molar-refractivity contribution is 7.89. The third kappa shape index (κ3) is 3.65. The van der Waals surface area contributed by atoms with Crippen LogP contribution in [0.15, 0.2) is 50.6 Å². The van der Waals surface area contributed by atoms with Crippen LogP contribution in [0.25, 0.3) is 11.0 Å². The summed E-state index contributed by atoms with van der Waals surface area (Å²) < 4.78 is 37.5. The van der Waals surface area contributed by atoms with Crippen molar-refractivity contribution >= 4 is 21.0 Å². The maximum atomic E-state index is 12.5. The van der Waals surface area contributed by atoms with E-state index < -0.39 is 15.6 Å². The topological polar surface area (TPSA) is 89.7 Å². The molecule has 0 spiro atoms. The summed E-state index contributed by atoms with van der Waals surface area (Å²) in [7, 11) is -3.57. The molecule has 0 aliphatic rings. The van der Waals surface area contributed by atoms with Gasteiger partial charge >= 0.3 is 5.63 Å². The Morgan fingerprint density at radius 2 is 1.82 bits per heavy atom. The molecule has 0 aliphatic carbocycles. The van der Waals surface area contributed by atoms with Crippen LogP contribution in [0, 0.1) is 13.8 Å². The predicted octanol–water partition coefficient (Wildman–Crippen LogP) is 3.63. The van der Waals surface area contributed by atoms with Gasteiger partial charge in [-0.15, -0.1) is 0 Å². The van der Waals surface area contributed by atoms with Gasteiger partial charge < -0.3 is 9.15 Å². The molecule has 3 aromatic rings. The molecule has 2 heterocycles. The summed E-state index contributed by atoms with van der Waals surface area (Å²) in [5.74, 6) is 0.726. The van der Waals surface area contributed by atoms with Crippen molar-refractivity contribution in [1.29, 1.82) is 0 Å². The second kappa shape index (κ2) is 7.73. The van der Waals surface area contributed by atoms with Crippen LogP contribution < -0.4 is 10.4 Å². The average Bonchev–Trinajstić information content (AvgIpc) is 2.65. The second-order valence-electron chi connectivity index (χ2n) is 6.34. The summed E-state index contributed by atoms with van der Waals surface area (Å²) >= 11 is 0. The van der Waals surface area contributed by atoms with Gasteiger partial charge in [-0.05, 0) is 37.6 Å². The van der Waals surface area contributed by atoms with Gasteiger partial charge in [0.1, 0.15) is 16.2 Å². The van der Waals surface area contributed by atoms with Crippen molar-refractivity contribution in [1.82, 2.24) is 9.29 Å². The molecule has 148 valence electrons. The van der Waals surface area contributed by atoms with Gasteiger partial charge in [0.2, 0.25) is 15.9 Å². The molecule has 0 aliphatic heterocycles. The van der Waals surface area contributed by atoms with Crippen molar-refractivity contribution < 1.29 is 17.6 Å². The number of benzene rings is 1. The fourth-order valence-corrected chi connectivity index (χ4v) is 4.42. The molecule has 7 nitrogen and oxygen atoms in total. The molecular formula is C20H22N2O5S. The molecular weight excluding hydrogens is 380 g/mol. The first-order valence-electron chi connectivity index (χ1n) is 8.96. The quantitative estimate of drug-likeness (QED) is 0.585. The summed E-state index contributed by atoms with van der Waals surface area (Å²) in [4.78, 5) is 15.9. The first kappa shape index (κ1) is 20.0. The standard InChI is InChI=1S/C20H22N2O5S/c1-5-22(6-2)28(24,25)15-7-10-18(21-12-15)26-17-9-8-16-13(3)11-19(23)27-20(16)14(17)4/h7-12H,5-6H2,1-4H3. The number of pyridine rings is 1. The van der Waals surface area contributed by atoms with Gasteiger partial charge in [0.25, 0.3) is 0 Å². The van der Waals surface area contributed by atoms with Gasteiger partial charge in [0, 0.05) is 36.2 Å². The maximum Gasteiger partial charge on any atom is 0.336 e. The molecule has 0 saturated carbocycles. The lowest BCUT2D eigenvalue weighted by Gasteiger charge is -2.18. The van der Waals surface area contributed by atoms with E-state index in [1.807, 2.05) is 13.0 Å². The predicted molar refractivity (Wildman–Crippen MR) is 106 cm³/mol. The van der Waals surface area contributed by atoms with E-state index in [-0.39, 0.29) is 10.8 Å². The van der Waals surface area contributed by atoms with Gasteiger partial charge in [-0.1, -0.05) is 13.8 Å². The van der Waals surface area contributed by atoms with E-state index in [0.29, 0.717) is 30.0 Å². The smallest absolute Gasteiger partial charge is 0.336 e. The van der Waals surface area contributed by atoms with E-state index in [0.717, 1.165) is 10.9 Å². The summed E-state index contributed by atoms with van der Waals surface area (Å²) in [6.45, 7) is 7.98. The first-order valence-corrected chi connectivity index (χ1v) is 10.4. The van der Waals surface area contributed by atoms with Crippen molar-refractivity contribution in [3.8, 4) is 11.6 Å². The van der Waals surface area contributed by atoms with E-state index in [1.54, 1.807) is 26.8 Å². The lowest BCUT2D eigenvalue weighted by atomic mass is 10.1. The Labute approximate surface area is 163 Å². The summed E-state index contributed by atoms with van der Waals surface area (Å²) in [5.41, 5.74) is 1.53. The normalized spacial score (nSPS) is 11.9. The van der Waals surface area contributed by atoms with E-state index in [9.17, 15) is 13.2 Å². The molecule has 0 atom stereocenters. The number of aromatic nitrogens is 1. The zero-order valence-corrected chi connectivity index (χ0v) is 17.0. The van der Waals surface area contributed by atoms with Gasteiger partial charge in [-0.25, -0.2) is 18.2 Å². The minimum atomic E-state index is -3.57. The van der Waals surface area contributed by atoms with Crippen molar-refractivity contribution in [2.24, 2.45) is 0 Å². The zero-order chi connectivity index (χ0) is 20.5. The fraction of sp³-hybridized carbons (Fsp3) is 0.300. The Morgan fingerprint density at radius 1 is 1.11 bits per heavy atom. The van der Waals surface area contributed by atoms with Gasteiger partial charge in [0.05, 0.1) is 6.20 Å². The van der Waals surface area contributed by atoms with Crippen LogP contribution in [0.4, 0.5) is 0 Å². The van der Waals surface area contributed by atoms with Crippen molar-refractivity contribution in [3.05, 3.63) is 58.1 Å². The molecule has 0 unspecified atom stereocenters. The Balaban J connectivity index is 1.93. The molecule has 1 aromatic carbocycles. The molecule has 0 radical (unpaired) electrons. The fourth-order valence-electron chi connectivity index (χ4n) is 3.02. The molecule has 0 amide bonds. The monoisotopic (exact) mass is 402 g/mol. The molecule has 8 heteroatoms. The Kier molecular flexibility index (Phi) is 5.53. The Morgan fingerprint density at radius 3 is 2.43 bits per heavy atom. The molecule has 2 aromatic heterocycles. The Hall–Kier alpha value is -2.71. The van der Waals surface area contributed by atoms with Crippen LogP contribution in [0.5, 0.6) is 11.6 Å². The minimum Gasteiger partial charge on any atom is -0.439 e. The number of ether oxygens (including phenoxy) is 1. The third-order valence-corrected chi connectivity index (χ3v) is 6.62. The summed E-state index contributed by atoms with van der Waals surface area (Å²) in [6, 6.07) is 8.00. The molecule has 0 bridgehead atoms. The van der Waals surface area contributed by atoms with E-state index >= 15 is 0 Å².